The van der Waals surface area contributed by atoms with Gasteiger partial charge in [0.2, 0.25) is 0 Å². The fraction of sp³-hybridized carbons (Fsp3) is 0.333. The summed E-state index contributed by atoms with van der Waals surface area (Å²) >= 11 is 0. The van der Waals surface area contributed by atoms with Gasteiger partial charge < -0.3 is 4.90 Å². The molecule has 0 saturated carbocycles. The predicted octanol–water partition coefficient (Wildman–Crippen LogP) is 4.57. The van der Waals surface area contributed by atoms with E-state index in [-0.39, 0.29) is 11.8 Å². The quantitative estimate of drug-likeness (QED) is 0.442. The summed E-state index contributed by atoms with van der Waals surface area (Å²) in [6.45, 7) is 4.85. The van der Waals surface area contributed by atoms with Crippen molar-refractivity contribution in [3.63, 3.8) is 0 Å². The van der Waals surface area contributed by atoms with Gasteiger partial charge in [-0.1, -0.05) is 0 Å². The average molecular weight is 468 g/mol. The first-order chi connectivity index (χ1) is 16.2. The van der Waals surface area contributed by atoms with Crippen molar-refractivity contribution in [2.45, 2.75) is 38.8 Å². The van der Waals surface area contributed by atoms with Crippen LogP contribution in [0.5, 0.6) is 0 Å². The largest absolute Gasteiger partial charge is 0.417 e. The molecule has 1 aliphatic heterocycles. The number of carbonyl (C=O) groups is 1. The molecule has 1 aliphatic rings. The fourth-order valence-corrected chi connectivity index (χ4v) is 4.54. The highest BCUT2D eigenvalue weighted by Gasteiger charge is 2.33. The minimum Gasteiger partial charge on any atom is -0.338 e. The number of amides is 1. The zero-order valence-electron chi connectivity index (χ0n) is 18.8. The number of rotatable bonds is 3. The normalized spacial score (nSPS) is 16.9. The summed E-state index contributed by atoms with van der Waals surface area (Å²) in [5.74, 6) is 0.123. The van der Waals surface area contributed by atoms with E-state index in [1.165, 1.54) is 10.5 Å². The van der Waals surface area contributed by atoms with Crippen LogP contribution in [-0.2, 0) is 6.18 Å². The lowest BCUT2D eigenvalue weighted by Gasteiger charge is -2.32. The molecule has 0 N–H and O–H groups in total. The van der Waals surface area contributed by atoms with Gasteiger partial charge >= 0.3 is 6.18 Å². The van der Waals surface area contributed by atoms with Crippen molar-refractivity contribution in [1.29, 1.82) is 0 Å². The number of aromatic nitrogens is 5. The molecular formula is C24H23F3N6O. The maximum Gasteiger partial charge on any atom is 0.417 e. The molecule has 4 heterocycles. The number of carbonyl (C=O) groups excluding carboxylic acids is 1. The van der Waals surface area contributed by atoms with Crippen molar-refractivity contribution in [2.75, 3.05) is 13.1 Å². The number of hydrogen-bond donors (Lipinski definition) is 0. The number of hydrogen-bond acceptors (Lipinski definition) is 4. The molecule has 10 heteroatoms. The molecule has 1 saturated heterocycles. The van der Waals surface area contributed by atoms with E-state index in [0.717, 1.165) is 42.2 Å². The topological polar surface area (TPSA) is 68.3 Å². The smallest absolute Gasteiger partial charge is 0.338 e. The van der Waals surface area contributed by atoms with Crippen LogP contribution >= 0.6 is 0 Å². The van der Waals surface area contributed by atoms with Crippen molar-refractivity contribution >= 4 is 11.6 Å². The first kappa shape index (κ1) is 22.1. The van der Waals surface area contributed by atoms with Crippen LogP contribution in [0.3, 0.4) is 0 Å². The van der Waals surface area contributed by atoms with Crippen LogP contribution in [0.25, 0.3) is 11.3 Å². The highest BCUT2D eigenvalue weighted by atomic mass is 19.4. The van der Waals surface area contributed by atoms with Crippen molar-refractivity contribution in [3.8, 4) is 5.69 Å². The zero-order chi connectivity index (χ0) is 24.0. The Kier molecular flexibility index (Phi) is 5.38. The Hall–Kier alpha value is -3.69. The Morgan fingerprint density at radius 3 is 2.50 bits per heavy atom. The van der Waals surface area contributed by atoms with Crippen molar-refractivity contribution in [1.82, 2.24) is 29.3 Å². The number of likely N-dealkylation sites (tertiary alicyclic amines) is 1. The highest BCUT2D eigenvalue weighted by molar-refractivity contribution is 5.94. The van der Waals surface area contributed by atoms with Gasteiger partial charge in [-0.25, -0.2) is 4.68 Å². The Morgan fingerprint density at radius 2 is 1.82 bits per heavy atom. The van der Waals surface area contributed by atoms with Gasteiger partial charge in [-0.3, -0.25) is 9.20 Å². The molecule has 0 spiro atoms. The second kappa shape index (κ2) is 8.27. The fourth-order valence-electron chi connectivity index (χ4n) is 4.54. The lowest BCUT2D eigenvalue weighted by molar-refractivity contribution is -0.137. The average Bonchev–Trinajstić information content (AvgIpc) is 3.40. The predicted molar refractivity (Wildman–Crippen MR) is 119 cm³/mol. The Labute approximate surface area is 193 Å². The maximum atomic E-state index is 13.2. The van der Waals surface area contributed by atoms with Crippen LogP contribution in [0.15, 0.2) is 48.7 Å². The molecule has 1 aromatic carbocycles. The maximum absolute atomic E-state index is 13.2. The Bertz CT molecular complexity index is 1360. The van der Waals surface area contributed by atoms with Gasteiger partial charge in [0.25, 0.3) is 5.91 Å². The number of alkyl halides is 3. The van der Waals surface area contributed by atoms with Gasteiger partial charge in [-0.15, -0.1) is 10.2 Å². The minimum atomic E-state index is -4.45. The van der Waals surface area contributed by atoms with Gasteiger partial charge in [-0.05, 0) is 69.2 Å². The molecule has 4 aromatic rings. The minimum absolute atomic E-state index is 0.116. The summed E-state index contributed by atoms with van der Waals surface area (Å²) in [6, 6.07) is 11.6. The van der Waals surface area contributed by atoms with E-state index in [1.807, 2.05) is 36.7 Å². The van der Waals surface area contributed by atoms with E-state index >= 15 is 0 Å². The second-order valence-electron chi connectivity index (χ2n) is 8.68. The third kappa shape index (κ3) is 4.04. The number of aryl methyl sites for hydroxylation is 2. The SMILES string of the molecule is Cc1cc(C)n(-c2ccc(C(=O)N3CCCC(c4nnc5ccc(C(F)(F)F)cn45)C3)cc2)n1. The summed E-state index contributed by atoms with van der Waals surface area (Å²) in [4.78, 5) is 14.9. The van der Waals surface area contributed by atoms with Crippen LogP contribution < -0.4 is 0 Å². The van der Waals surface area contributed by atoms with Gasteiger partial charge in [0.1, 0.15) is 5.82 Å². The third-order valence-corrected chi connectivity index (χ3v) is 6.20. The molecule has 0 radical (unpaired) electrons. The van der Waals surface area contributed by atoms with Gasteiger partial charge in [0.05, 0.1) is 16.9 Å². The number of fused-ring (bicyclic) bond motifs is 1. The monoisotopic (exact) mass is 468 g/mol. The summed E-state index contributed by atoms with van der Waals surface area (Å²) in [5, 5.41) is 12.7. The molecule has 1 atom stereocenters. The van der Waals surface area contributed by atoms with Crippen LogP contribution in [0.2, 0.25) is 0 Å². The van der Waals surface area contributed by atoms with E-state index in [1.54, 1.807) is 17.0 Å². The van der Waals surface area contributed by atoms with Crippen LogP contribution in [0, 0.1) is 13.8 Å². The van der Waals surface area contributed by atoms with E-state index in [4.69, 9.17) is 0 Å². The van der Waals surface area contributed by atoms with Crippen LogP contribution in [0.1, 0.15) is 51.9 Å². The van der Waals surface area contributed by atoms with Crippen LogP contribution in [0.4, 0.5) is 13.2 Å². The van der Waals surface area contributed by atoms with Crippen molar-refractivity contribution < 1.29 is 18.0 Å². The molecule has 1 unspecified atom stereocenters. The standard InChI is InChI=1S/C24H23F3N6O/c1-15-12-16(2)33(30-15)20-8-5-17(6-9-20)23(34)31-11-3-4-18(13-31)22-29-28-21-10-7-19(14-32(21)22)24(25,26)27/h5-10,12,14,18H,3-4,11,13H2,1-2H3. The summed E-state index contributed by atoms with van der Waals surface area (Å²) in [6.07, 6.45) is -1.97. The molecular weight excluding hydrogens is 445 g/mol. The number of benzene rings is 1. The van der Waals surface area contributed by atoms with Gasteiger partial charge in [-0.2, -0.15) is 18.3 Å². The first-order valence-corrected chi connectivity index (χ1v) is 11.1. The summed E-state index contributed by atoms with van der Waals surface area (Å²) in [7, 11) is 0. The molecule has 0 aliphatic carbocycles. The molecule has 7 nitrogen and oxygen atoms in total. The van der Waals surface area contributed by atoms with Gasteiger partial charge in [0.15, 0.2) is 5.65 Å². The molecule has 34 heavy (non-hydrogen) atoms. The molecule has 5 rings (SSSR count). The van der Waals surface area contributed by atoms with E-state index in [0.29, 0.717) is 30.1 Å². The second-order valence-corrected chi connectivity index (χ2v) is 8.68. The third-order valence-electron chi connectivity index (χ3n) is 6.20. The number of nitrogens with zero attached hydrogens (tertiary/aromatic N) is 6. The number of pyridine rings is 1. The number of halogens is 3. The van der Waals surface area contributed by atoms with Crippen molar-refractivity contribution in [3.05, 3.63) is 77.0 Å². The highest BCUT2D eigenvalue weighted by Crippen LogP contribution is 2.31. The van der Waals surface area contributed by atoms with E-state index in [9.17, 15) is 18.0 Å². The lowest BCUT2D eigenvalue weighted by atomic mass is 9.96. The summed E-state index contributed by atoms with van der Waals surface area (Å²) in [5.41, 5.74) is 2.94. The lowest BCUT2D eigenvalue weighted by Crippen LogP contribution is -2.39. The molecule has 0 bridgehead atoms. The molecule has 1 fully saturated rings. The molecule has 3 aromatic heterocycles. The zero-order valence-corrected chi connectivity index (χ0v) is 18.8. The van der Waals surface area contributed by atoms with Crippen molar-refractivity contribution in [2.24, 2.45) is 0 Å². The van der Waals surface area contributed by atoms with Gasteiger partial charge in [0, 0.05) is 36.5 Å². The van der Waals surface area contributed by atoms with E-state index < -0.39 is 11.7 Å². The molecule has 1 amide bonds. The van der Waals surface area contributed by atoms with E-state index in [2.05, 4.69) is 15.3 Å². The van der Waals surface area contributed by atoms with Crippen LogP contribution in [-0.4, -0.2) is 48.3 Å². The Balaban J connectivity index is 1.36. The number of piperidine rings is 1. The molecule has 176 valence electrons. The first-order valence-electron chi connectivity index (χ1n) is 11.1. The summed E-state index contributed by atoms with van der Waals surface area (Å²) < 4.78 is 42.8. The Morgan fingerprint density at radius 1 is 1.06 bits per heavy atom.